The van der Waals surface area contributed by atoms with E-state index < -0.39 is 24.0 Å². The van der Waals surface area contributed by atoms with Gasteiger partial charge in [-0.1, -0.05) is 24.3 Å². The molecule has 1 aliphatic carbocycles. The predicted octanol–water partition coefficient (Wildman–Crippen LogP) is 3.19. The number of rotatable bonds is 4. The second-order valence-electron chi connectivity index (χ2n) is 8.01. The quantitative estimate of drug-likeness (QED) is 0.573. The molecule has 0 fully saturated rings. The van der Waals surface area contributed by atoms with Gasteiger partial charge in [0.05, 0.1) is 16.8 Å². The number of para-hydroxylation sites is 1. The van der Waals surface area contributed by atoms with Crippen molar-refractivity contribution < 1.29 is 28.6 Å². The van der Waals surface area contributed by atoms with Crippen LogP contribution in [0.3, 0.4) is 0 Å². The number of hydrogen-bond donors (Lipinski definition) is 2. The molecule has 2 aliphatic rings. The Morgan fingerprint density at radius 2 is 1.91 bits per heavy atom. The predicted molar refractivity (Wildman–Crippen MR) is 123 cm³/mol. The Bertz CT molecular complexity index is 1380. The highest BCUT2D eigenvalue weighted by Gasteiger charge is 2.29. The van der Waals surface area contributed by atoms with Crippen LogP contribution in [0.2, 0.25) is 0 Å². The Labute approximate surface area is 194 Å². The maximum Gasteiger partial charge on any atom is 0.339 e. The molecule has 1 atom stereocenters. The highest BCUT2D eigenvalue weighted by atomic mass is 16.7. The molecule has 2 aromatic carbocycles. The minimum atomic E-state index is -1.20. The van der Waals surface area contributed by atoms with Crippen LogP contribution in [-0.2, 0) is 16.0 Å². The van der Waals surface area contributed by atoms with Crippen molar-refractivity contribution in [2.45, 2.75) is 25.9 Å². The topological polar surface area (TPSA) is 130 Å². The summed E-state index contributed by atoms with van der Waals surface area (Å²) in [5.74, 6) is -0.0605. The van der Waals surface area contributed by atoms with E-state index in [0.29, 0.717) is 40.8 Å². The molecule has 3 aromatic rings. The molecule has 0 bridgehead atoms. The van der Waals surface area contributed by atoms with Crippen LogP contribution in [0.5, 0.6) is 11.5 Å². The highest BCUT2D eigenvalue weighted by Crippen LogP contribution is 2.39. The smallest absolute Gasteiger partial charge is 0.339 e. The Hall–Kier alpha value is -4.40. The van der Waals surface area contributed by atoms with Gasteiger partial charge in [-0.3, -0.25) is 10.1 Å². The molecule has 172 valence electrons. The Morgan fingerprint density at radius 3 is 2.74 bits per heavy atom. The maximum absolute atomic E-state index is 13.2. The van der Waals surface area contributed by atoms with Crippen LogP contribution in [0.25, 0.3) is 22.6 Å². The number of nitrogens with two attached hydrogens (primary N) is 1. The molecule has 0 spiro atoms. The number of hydrogen-bond acceptors (Lipinski definition) is 7. The van der Waals surface area contributed by atoms with E-state index in [9.17, 15) is 14.4 Å². The molecule has 1 aromatic heterocycles. The number of nitrogens with one attached hydrogen (secondary N) is 1. The monoisotopic (exact) mass is 459 g/mol. The molecular weight excluding hydrogens is 438 g/mol. The molecule has 9 nitrogen and oxygen atoms in total. The van der Waals surface area contributed by atoms with Crippen molar-refractivity contribution in [1.29, 1.82) is 0 Å². The SMILES string of the molecule is C[C@H](OC(=O)c1c2c(nc3ccccc13)/C(=C/c1ccc3c(c1)OCO3)CC2)C(=O)NC(N)=O. The number of imide groups is 1. The first-order chi connectivity index (χ1) is 16.4. The molecule has 1 aliphatic heterocycles. The minimum absolute atomic E-state index is 0.201. The fourth-order valence-corrected chi connectivity index (χ4v) is 4.21. The van der Waals surface area contributed by atoms with E-state index in [1.807, 2.05) is 47.8 Å². The van der Waals surface area contributed by atoms with E-state index in [4.69, 9.17) is 24.9 Å². The number of pyridine rings is 1. The second-order valence-corrected chi connectivity index (χ2v) is 8.01. The van der Waals surface area contributed by atoms with Gasteiger partial charge >= 0.3 is 12.0 Å². The summed E-state index contributed by atoms with van der Waals surface area (Å²) in [7, 11) is 0. The number of amides is 3. The van der Waals surface area contributed by atoms with E-state index >= 15 is 0 Å². The molecule has 0 saturated heterocycles. The molecule has 2 heterocycles. The number of allylic oxidation sites excluding steroid dienone is 1. The van der Waals surface area contributed by atoms with Crippen LogP contribution in [0, 0.1) is 0 Å². The van der Waals surface area contributed by atoms with Gasteiger partial charge in [0.2, 0.25) is 6.79 Å². The van der Waals surface area contributed by atoms with Crippen LogP contribution in [0.1, 0.15) is 40.5 Å². The zero-order valence-electron chi connectivity index (χ0n) is 18.3. The van der Waals surface area contributed by atoms with Crippen molar-refractivity contribution in [3.05, 3.63) is 64.8 Å². The van der Waals surface area contributed by atoms with Gasteiger partial charge in [-0.25, -0.2) is 14.6 Å². The number of nitrogens with zero attached hydrogens (tertiary/aromatic N) is 1. The van der Waals surface area contributed by atoms with Gasteiger partial charge in [-0.2, -0.15) is 0 Å². The van der Waals surface area contributed by atoms with Gasteiger partial charge in [0.15, 0.2) is 17.6 Å². The fraction of sp³-hybridized carbons (Fsp3) is 0.200. The van der Waals surface area contributed by atoms with Crippen LogP contribution in [-0.4, -0.2) is 35.8 Å². The molecular formula is C25H21N3O6. The van der Waals surface area contributed by atoms with E-state index in [2.05, 4.69) is 0 Å². The number of carbonyl (C=O) groups excluding carboxylic acids is 3. The number of carbonyl (C=O) groups is 3. The third-order valence-electron chi connectivity index (χ3n) is 5.78. The van der Waals surface area contributed by atoms with Gasteiger partial charge in [0.1, 0.15) is 0 Å². The molecule has 9 heteroatoms. The average molecular weight is 459 g/mol. The van der Waals surface area contributed by atoms with Crippen molar-refractivity contribution >= 4 is 40.5 Å². The molecule has 0 radical (unpaired) electrons. The number of aromatic nitrogens is 1. The first kappa shape index (κ1) is 21.4. The lowest BCUT2D eigenvalue weighted by molar-refractivity contribution is -0.127. The Balaban J connectivity index is 1.53. The normalized spacial score (nSPS) is 15.7. The Morgan fingerprint density at radius 1 is 1.12 bits per heavy atom. The molecule has 0 saturated carbocycles. The molecule has 34 heavy (non-hydrogen) atoms. The molecule has 0 unspecified atom stereocenters. The van der Waals surface area contributed by atoms with Gasteiger partial charge < -0.3 is 19.9 Å². The summed E-state index contributed by atoms with van der Waals surface area (Å²) in [5.41, 5.74) is 9.39. The lowest BCUT2D eigenvalue weighted by atomic mass is 10.0. The fourth-order valence-electron chi connectivity index (χ4n) is 4.21. The van der Waals surface area contributed by atoms with Gasteiger partial charge in [0, 0.05) is 5.39 Å². The molecule has 3 N–H and O–H groups in total. The number of ether oxygens (including phenoxy) is 3. The number of primary amides is 1. The van der Waals surface area contributed by atoms with Crippen LogP contribution >= 0.6 is 0 Å². The third-order valence-corrected chi connectivity index (χ3v) is 5.78. The number of urea groups is 1. The summed E-state index contributed by atoms with van der Waals surface area (Å²) in [4.78, 5) is 41.0. The van der Waals surface area contributed by atoms with Crippen LogP contribution < -0.4 is 20.5 Å². The zero-order valence-corrected chi connectivity index (χ0v) is 18.3. The summed E-state index contributed by atoms with van der Waals surface area (Å²) < 4.78 is 16.3. The summed E-state index contributed by atoms with van der Waals surface area (Å²) in [6, 6.07) is 12.0. The standard InChI is InChI=1S/C25H21N3O6/c1-13(23(29)28-25(26)31)34-24(30)21-16-4-2-3-5-18(16)27-22-15(7-8-17(21)22)10-14-6-9-19-20(11-14)33-12-32-19/h2-6,9-11,13H,7-8,12H2,1H3,(H3,26,28,29,31)/b15-10+/t13-/m0/s1. The van der Waals surface area contributed by atoms with Crippen LogP contribution in [0.15, 0.2) is 42.5 Å². The van der Waals surface area contributed by atoms with E-state index in [0.717, 1.165) is 22.4 Å². The van der Waals surface area contributed by atoms with Crippen molar-refractivity contribution in [2.24, 2.45) is 5.73 Å². The average Bonchev–Trinajstić information content (AvgIpc) is 3.43. The zero-order chi connectivity index (χ0) is 23.8. The first-order valence-corrected chi connectivity index (χ1v) is 10.7. The summed E-state index contributed by atoms with van der Waals surface area (Å²) in [6.45, 7) is 1.58. The lowest BCUT2D eigenvalue weighted by Crippen LogP contribution is -2.42. The van der Waals surface area contributed by atoms with Gasteiger partial charge in [0.25, 0.3) is 5.91 Å². The van der Waals surface area contributed by atoms with E-state index in [1.165, 1.54) is 6.92 Å². The number of esters is 1. The Kier molecular flexibility index (Phi) is 5.37. The number of benzene rings is 2. The van der Waals surface area contributed by atoms with E-state index in [1.54, 1.807) is 6.07 Å². The molecule has 3 amide bonds. The molecule has 5 rings (SSSR count). The highest BCUT2D eigenvalue weighted by molar-refractivity contribution is 6.08. The second kappa shape index (κ2) is 8.51. The summed E-state index contributed by atoms with van der Waals surface area (Å²) in [5, 5.41) is 2.56. The minimum Gasteiger partial charge on any atom is -0.454 e. The van der Waals surface area contributed by atoms with Crippen molar-refractivity contribution in [3.63, 3.8) is 0 Å². The summed E-state index contributed by atoms with van der Waals surface area (Å²) in [6.07, 6.45) is 2.10. The number of fused-ring (bicyclic) bond motifs is 3. The lowest BCUT2D eigenvalue weighted by Gasteiger charge is -2.15. The third kappa shape index (κ3) is 3.92. The summed E-state index contributed by atoms with van der Waals surface area (Å²) >= 11 is 0. The van der Waals surface area contributed by atoms with Gasteiger partial charge in [-0.05, 0) is 60.7 Å². The van der Waals surface area contributed by atoms with Crippen molar-refractivity contribution in [2.75, 3.05) is 6.79 Å². The van der Waals surface area contributed by atoms with Crippen molar-refractivity contribution in [3.8, 4) is 11.5 Å². The largest absolute Gasteiger partial charge is 0.454 e. The van der Waals surface area contributed by atoms with E-state index in [-0.39, 0.29) is 6.79 Å². The maximum atomic E-state index is 13.2. The van der Waals surface area contributed by atoms with Gasteiger partial charge in [-0.15, -0.1) is 0 Å². The van der Waals surface area contributed by atoms with Crippen molar-refractivity contribution in [1.82, 2.24) is 10.3 Å². The van der Waals surface area contributed by atoms with Crippen LogP contribution in [0.4, 0.5) is 4.79 Å². The first-order valence-electron chi connectivity index (χ1n) is 10.7.